The van der Waals surface area contributed by atoms with E-state index >= 15 is 0 Å². The summed E-state index contributed by atoms with van der Waals surface area (Å²) in [6.07, 6.45) is 2.47. The predicted molar refractivity (Wildman–Crippen MR) is 76.4 cm³/mol. The average Bonchev–Trinajstić information content (AvgIpc) is 3.00. The fraction of sp³-hybridized carbons (Fsp3) is 0.125. The summed E-state index contributed by atoms with van der Waals surface area (Å²) in [5.41, 5.74) is -0.166. The summed E-state index contributed by atoms with van der Waals surface area (Å²) >= 11 is 0. The van der Waals surface area contributed by atoms with Gasteiger partial charge in [-0.25, -0.2) is 9.18 Å². The molecule has 1 heterocycles. The molecule has 0 atom stereocenters. The van der Waals surface area contributed by atoms with Crippen molar-refractivity contribution in [1.82, 2.24) is 0 Å². The first-order valence-corrected chi connectivity index (χ1v) is 6.30. The highest BCUT2D eigenvalue weighted by Gasteiger charge is 2.15. The summed E-state index contributed by atoms with van der Waals surface area (Å²) in [5.74, 6) is -1.46. The van der Waals surface area contributed by atoms with E-state index in [-0.39, 0.29) is 22.8 Å². The van der Waals surface area contributed by atoms with Gasteiger partial charge in [-0.05, 0) is 36.4 Å². The number of ether oxygens (including phenoxy) is 2. The van der Waals surface area contributed by atoms with Crippen LogP contribution in [-0.4, -0.2) is 26.0 Å². The van der Waals surface area contributed by atoms with Crippen molar-refractivity contribution in [1.29, 1.82) is 0 Å². The predicted octanol–water partition coefficient (Wildman–Crippen LogP) is 3.11. The smallest absolute Gasteiger partial charge is 0.373 e. The number of carbonyl (C=O) groups is 2. The van der Waals surface area contributed by atoms with Gasteiger partial charge < -0.3 is 13.9 Å². The second kappa shape index (κ2) is 6.71. The third-order valence-electron chi connectivity index (χ3n) is 2.85. The van der Waals surface area contributed by atoms with Crippen LogP contribution in [0.15, 0.2) is 40.8 Å². The molecule has 5 nitrogen and oxygen atoms in total. The van der Waals surface area contributed by atoms with E-state index in [1.54, 1.807) is 0 Å². The highest BCUT2D eigenvalue weighted by molar-refractivity contribution is 6.08. The zero-order chi connectivity index (χ0) is 16.1. The average molecular weight is 304 g/mol. The number of methoxy groups -OCH3 is 2. The number of hydrogen-bond acceptors (Lipinski definition) is 5. The molecule has 0 unspecified atom stereocenters. The third kappa shape index (κ3) is 3.22. The molecule has 22 heavy (non-hydrogen) atoms. The quantitative estimate of drug-likeness (QED) is 0.482. The number of benzene rings is 1. The van der Waals surface area contributed by atoms with Gasteiger partial charge in [0.05, 0.1) is 19.8 Å². The Morgan fingerprint density at radius 3 is 2.64 bits per heavy atom. The van der Waals surface area contributed by atoms with Crippen LogP contribution in [0.1, 0.15) is 26.7 Å². The Kier molecular flexibility index (Phi) is 4.73. The van der Waals surface area contributed by atoms with E-state index in [0.29, 0.717) is 0 Å². The molecule has 0 aliphatic carbocycles. The molecule has 0 spiro atoms. The van der Waals surface area contributed by atoms with Gasteiger partial charge in [-0.3, -0.25) is 4.79 Å². The number of ketones is 1. The molecule has 0 radical (unpaired) electrons. The molecule has 0 saturated carbocycles. The first-order chi connectivity index (χ1) is 10.6. The van der Waals surface area contributed by atoms with Crippen molar-refractivity contribution >= 4 is 17.8 Å². The fourth-order valence-electron chi connectivity index (χ4n) is 1.81. The van der Waals surface area contributed by atoms with Gasteiger partial charge in [-0.2, -0.15) is 0 Å². The molecule has 0 fully saturated rings. The van der Waals surface area contributed by atoms with Gasteiger partial charge in [0.1, 0.15) is 17.3 Å². The lowest BCUT2D eigenvalue weighted by Crippen LogP contribution is -2.02. The van der Waals surface area contributed by atoms with Crippen molar-refractivity contribution in [2.24, 2.45) is 0 Å². The molecule has 2 aromatic rings. The van der Waals surface area contributed by atoms with Crippen LogP contribution in [-0.2, 0) is 4.74 Å². The summed E-state index contributed by atoms with van der Waals surface area (Å²) < 4.78 is 28.4. The van der Waals surface area contributed by atoms with E-state index in [1.165, 1.54) is 50.6 Å². The number of halogens is 1. The Balaban J connectivity index is 2.22. The van der Waals surface area contributed by atoms with Gasteiger partial charge in [-0.1, -0.05) is 6.07 Å². The monoisotopic (exact) mass is 304 g/mol. The SMILES string of the molecule is COC(=O)c1ccc(/C=C/C(=O)c2c(F)cccc2OC)o1. The number of esters is 1. The van der Waals surface area contributed by atoms with Crippen LogP contribution >= 0.6 is 0 Å². The second-order valence-corrected chi connectivity index (χ2v) is 4.21. The standard InChI is InChI=1S/C16H13FO5/c1-20-13-5-3-4-11(17)15(13)12(18)8-6-10-7-9-14(22-10)16(19)21-2/h3-9H,1-2H3/b8-6+. The minimum Gasteiger partial charge on any atom is -0.496 e. The first kappa shape index (κ1) is 15.5. The summed E-state index contributed by atoms with van der Waals surface area (Å²) in [6.45, 7) is 0. The Labute approximate surface area is 125 Å². The van der Waals surface area contributed by atoms with Gasteiger partial charge in [0.15, 0.2) is 5.78 Å². The molecular formula is C16H13FO5. The first-order valence-electron chi connectivity index (χ1n) is 6.30. The van der Waals surface area contributed by atoms with Crippen molar-refractivity contribution < 1.29 is 27.9 Å². The van der Waals surface area contributed by atoms with Crippen molar-refractivity contribution in [3.63, 3.8) is 0 Å². The maximum atomic E-state index is 13.7. The highest BCUT2D eigenvalue weighted by atomic mass is 19.1. The van der Waals surface area contributed by atoms with E-state index in [2.05, 4.69) is 4.74 Å². The van der Waals surface area contributed by atoms with Crippen molar-refractivity contribution in [2.75, 3.05) is 14.2 Å². The van der Waals surface area contributed by atoms with Gasteiger partial charge in [0, 0.05) is 0 Å². The van der Waals surface area contributed by atoms with Crippen LogP contribution < -0.4 is 4.74 Å². The number of hydrogen-bond donors (Lipinski definition) is 0. The van der Waals surface area contributed by atoms with E-state index in [0.717, 1.165) is 6.08 Å². The fourth-order valence-corrected chi connectivity index (χ4v) is 1.81. The van der Waals surface area contributed by atoms with Crippen LogP contribution in [0.4, 0.5) is 4.39 Å². The molecule has 0 amide bonds. The Morgan fingerprint density at radius 2 is 1.95 bits per heavy atom. The lowest BCUT2D eigenvalue weighted by atomic mass is 10.1. The van der Waals surface area contributed by atoms with Gasteiger partial charge in [0.2, 0.25) is 5.76 Å². The van der Waals surface area contributed by atoms with E-state index in [4.69, 9.17) is 9.15 Å². The molecule has 0 saturated heterocycles. The molecule has 0 bridgehead atoms. The maximum absolute atomic E-state index is 13.7. The van der Waals surface area contributed by atoms with Crippen molar-refractivity contribution in [2.45, 2.75) is 0 Å². The molecule has 0 aliphatic heterocycles. The largest absolute Gasteiger partial charge is 0.496 e. The Morgan fingerprint density at radius 1 is 1.18 bits per heavy atom. The zero-order valence-electron chi connectivity index (χ0n) is 12.0. The molecular weight excluding hydrogens is 291 g/mol. The third-order valence-corrected chi connectivity index (χ3v) is 2.85. The number of rotatable bonds is 5. The maximum Gasteiger partial charge on any atom is 0.373 e. The summed E-state index contributed by atoms with van der Waals surface area (Å²) in [7, 11) is 2.58. The minimum absolute atomic E-state index is 0.0121. The number of allylic oxidation sites excluding steroid dienone is 1. The van der Waals surface area contributed by atoms with Crippen LogP contribution in [0.5, 0.6) is 5.75 Å². The molecule has 1 aromatic carbocycles. The highest BCUT2D eigenvalue weighted by Crippen LogP contribution is 2.22. The zero-order valence-corrected chi connectivity index (χ0v) is 12.0. The summed E-state index contributed by atoms with van der Waals surface area (Å²) in [4.78, 5) is 23.3. The van der Waals surface area contributed by atoms with Crippen LogP contribution in [0.2, 0.25) is 0 Å². The molecule has 1 aromatic heterocycles. The van der Waals surface area contributed by atoms with Gasteiger partial charge >= 0.3 is 5.97 Å². The molecule has 0 aliphatic rings. The number of carbonyl (C=O) groups excluding carboxylic acids is 2. The second-order valence-electron chi connectivity index (χ2n) is 4.21. The molecule has 0 N–H and O–H groups in total. The molecule has 6 heteroatoms. The van der Waals surface area contributed by atoms with E-state index in [9.17, 15) is 14.0 Å². The van der Waals surface area contributed by atoms with Crippen LogP contribution in [0.3, 0.4) is 0 Å². The lowest BCUT2D eigenvalue weighted by Gasteiger charge is -2.05. The minimum atomic E-state index is -0.677. The van der Waals surface area contributed by atoms with Crippen LogP contribution in [0.25, 0.3) is 6.08 Å². The van der Waals surface area contributed by atoms with Gasteiger partial charge in [-0.15, -0.1) is 0 Å². The lowest BCUT2D eigenvalue weighted by molar-refractivity contribution is 0.0564. The summed E-state index contributed by atoms with van der Waals surface area (Å²) in [6, 6.07) is 7.02. The Bertz CT molecular complexity index is 730. The van der Waals surface area contributed by atoms with E-state index < -0.39 is 17.6 Å². The topological polar surface area (TPSA) is 65.7 Å². The summed E-state index contributed by atoms with van der Waals surface area (Å²) in [5, 5.41) is 0. The Hall–Kier alpha value is -2.89. The van der Waals surface area contributed by atoms with Crippen LogP contribution in [0, 0.1) is 5.82 Å². The van der Waals surface area contributed by atoms with Crippen molar-refractivity contribution in [3.05, 3.63) is 59.3 Å². The normalized spacial score (nSPS) is 10.7. The number of furan rings is 1. The molecule has 114 valence electrons. The van der Waals surface area contributed by atoms with Gasteiger partial charge in [0.25, 0.3) is 0 Å². The van der Waals surface area contributed by atoms with E-state index in [1.807, 2.05) is 0 Å². The molecule has 2 rings (SSSR count). The van der Waals surface area contributed by atoms with Crippen molar-refractivity contribution in [3.8, 4) is 5.75 Å².